The highest BCUT2D eigenvalue weighted by atomic mass is 15.3. The Labute approximate surface area is 83.3 Å². The highest BCUT2D eigenvalue weighted by Gasteiger charge is 2.14. The molecule has 0 aromatic carbocycles. The third-order valence-electron chi connectivity index (χ3n) is 2.39. The summed E-state index contributed by atoms with van der Waals surface area (Å²) in [5.74, 6) is 2.04. The summed E-state index contributed by atoms with van der Waals surface area (Å²) in [5, 5.41) is 11.3. The van der Waals surface area contributed by atoms with Crippen LogP contribution in [0.1, 0.15) is 31.6 Å². The summed E-state index contributed by atoms with van der Waals surface area (Å²) in [6, 6.07) is 0.180. The average molecular weight is 193 g/mol. The molecule has 0 aliphatic carbocycles. The molecule has 0 radical (unpaired) electrons. The van der Waals surface area contributed by atoms with Crippen molar-refractivity contribution in [2.24, 2.45) is 12.0 Å². The van der Waals surface area contributed by atoms with Gasteiger partial charge in [-0.25, -0.2) is 0 Å². The lowest BCUT2D eigenvalue weighted by Gasteiger charge is -2.13. The first kappa shape index (κ1) is 9.18. The molecule has 1 aromatic heterocycles. The van der Waals surface area contributed by atoms with E-state index in [4.69, 9.17) is 0 Å². The summed E-state index contributed by atoms with van der Waals surface area (Å²) in [5.41, 5.74) is 0. The lowest BCUT2D eigenvalue weighted by atomic mass is 10.3. The maximum Gasteiger partial charge on any atom is 0.154 e. The highest BCUT2D eigenvalue weighted by Crippen LogP contribution is 2.10. The Bertz CT molecular complexity index is 341. The van der Waals surface area contributed by atoms with Crippen LogP contribution in [-0.2, 0) is 7.05 Å². The molecule has 5 heteroatoms. The smallest absolute Gasteiger partial charge is 0.154 e. The normalized spacial score (nSPS) is 18.0. The summed E-state index contributed by atoms with van der Waals surface area (Å²) in [4.78, 5) is 4.36. The van der Waals surface area contributed by atoms with Crippen molar-refractivity contribution in [1.29, 1.82) is 0 Å². The molecule has 0 fully saturated rings. The van der Waals surface area contributed by atoms with E-state index in [0.29, 0.717) is 0 Å². The summed E-state index contributed by atoms with van der Waals surface area (Å²) < 4.78 is 1.92. The molecule has 1 aliphatic rings. The van der Waals surface area contributed by atoms with Crippen LogP contribution in [0.25, 0.3) is 0 Å². The van der Waals surface area contributed by atoms with Gasteiger partial charge in [0.2, 0.25) is 0 Å². The minimum absolute atomic E-state index is 0.180. The average Bonchev–Trinajstić information content (AvgIpc) is 2.75. The van der Waals surface area contributed by atoms with Crippen molar-refractivity contribution in [1.82, 2.24) is 20.1 Å². The first-order valence-electron chi connectivity index (χ1n) is 4.91. The molecular formula is C9H15N5. The fourth-order valence-corrected chi connectivity index (χ4v) is 1.66. The SMILES string of the molecule is CC(NC1=NCCC1)c1nncn1C. The molecule has 76 valence electrons. The second-order valence-corrected chi connectivity index (χ2v) is 3.60. The maximum absolute atomic E-state index is 4.36. The first-order valence-corrected chi connectivity index (χ1v) is 4.91. The van der Waals surface area contributed by atoms with E-state index < -0.39 is 0 Å². The Morgan fingerprint density at radius 1 is 1.57 bits per heavy atom. The van der Waals surface area contributed by atoms with Crippen molar-refractivity contribution in [2.45, 2.75) is 25.8 Å². The van der Waals surface area contributed by atoms with E-state index in [0.717, 1.165) is 31.0 Å². The standard InChI is InChI=1S/C9H15N5/c1-7(9-13-11-6-14(9)2)12-8-4-3-5-10-8/h6-7H,3-5H2,1-2H3,(H,10,12). The number of hydrogen-bond acceptors (Lipinski definition) is 4. The van der Waals surface area contributed by atoms with Crippen molar-refractivity contribution in [2.75, 3.05) is 6.54 Å². The van der Waals surface area contributed by atoms with Crippen LogP contribution in [0, 0.1) is 0 Å². The number of rotatable bonds is 2. The number of aliphatic imine (C=N–C) groups is 1. The zero-order valence-corrected chi connectivity index (χ0v) is 8.56. The second-order valence-electron chi connectivity index (χ2n) is 3.60. The zero-order valence-electron chi connectivity index (χ0n) is 8.56. The number of aromatic nitrogens is 3. The predicted molar refractivity (Wildman–Crippen MR) is 54.1 cm³/mol. The number of aryl methyl sites for hydroxylation is 1. The zero-order chi connectivity index (χ0) is 9.97. The molecule has 1 aliphatic heterocycles. The van der Waals surface area contributed by atoms with E-state index in [1.54, 1.807) is 6.33 Å². The quantitative estimate of drug-likeness (QED) is 0.750. The molecule has 0 spiro atoms. The Hall–Kier alpha value is -1.39. The van der Waals surface area contributed by atoms with E-state index in [1.165, 1.54) is 0 Å². The van der Waals surface area contributed by atoms with Crippen molar-refractivity contribution in [3.8, 4) is 0 Å². The number of nitrogens with zero attached hydrogens (tertiary/aromatic N) is 4. The van der Waals surface area contributed by atoms with Gasteiger partial charge in [-0.2, -0.15) is 0 Å². The van der Waals surface area contributed by atoms with E-state index in [1.807, 2.05) is 11.6 Å². The first-order chi connectivity index (χ1) is 6.77. The Morgan fingerprint density at radius 3 is 3.00 bits per heavy atom. The minimum Gasteiger partial charge on any atom is -0.364 e. The van der Waals surface area contributed by atoms with Crippen LogP contribution in [0.3, 0.4) is 0 Å². The monoisotopic (exact) mass is 193 g/mol. The van der Waals surface area contributed by atoms with Crippen molar-refractivity contribution >= 4 is 5.84 Å². The molecule has 5 nitrogen and oxygen atoms in total. The molecule has 2 rings (SSSR count). The summed E-state index contributed by atoms with van der Waals surface area (Å²) >= 11 is 0. The van der Waals surface area contributed by atoms with Gasteiger partial charge in [-0.3, -0.25) is 4.99 Å². The van der Waals surface area contributed by atoms with Gasteiger partial charge in [0, 0.05) is 20.0 Å². The Kier molecular flexibility index (Phi) is 2.47. The van der Waals surface area contributed by atoms with Gasteiger partial charge >= 0.3 is 0 Å². The van der Waals surface area contributed by atoms with Gasteiger partial charge in [-0.1, -0.05) is 0 Å². The molecule has 0 saturated heterocycles. The molecule has 1 N–H and O–H groups in total. The van der Waals surface area contributed by atoms with Crippen molar-refractivity contribution in [3.05, 3.63) is 12.2 Å². The predicted octanol–water partition coefficient (Wildman–Crippen LogP) is 0.658. The largest absolute Gasteiger partial charge is 0.364 e. The van der Waals surface area contributed by atoms with Crippen LogP contribution < -0.4 is 5.32 Å². The summed E-state index contributed by atoms with van der Waals surface area (Å²) in [7, 11) is 1.95. The van der Waals surface area contributed by atoms with Crippen LogP contribution in [0.4, 0.5) is 0 Å². The fraction of sp³-hybridized carbons (Fsp3) is 0.667. The van der Waals surface area contributed by atoms with Crippen LogP contribution >= 0.6 is 0 Å². The van der Waals surface area contributed by atoms with Gasteiger partial charge in [0.1, 0.15) is 6.33 Å². The van der Waals surface area contributed by atoms with E-state index in [2.05, 4.69) is 27.4 Å². The van der Waals surface area contributed by atoms with E-state index in [9.17, 15) is 0 Å². The second kappa shape index (κ2) is 3.77. The Balaban J connectivity index is 2.02. The number of nitrogens with one attached hydrogen (secondary N) is 1. The molecule has 1 aromatic rings. The summed E-state index contributed by atoms with van der Waals surface area (Å²) in [6.45, 7) is 3.03. The molecule has 0 saturated carbocycles. The van der Waals surface area contributed by atoms with Crippen LogP contribution in [-0.4, -0.2) is 27.1 Å². The third kappa shape index (κ3) is 1.76. The number of hydrogen-bond donors (Lipinski definition) is 1. The molecule has 2 heterocycles. The fourth-order valence-electron chi connectivity index (χ4n) is 1.66. The maximum atomic E-state index is 4.36. The van der Waals surface area contributed by atoms with Crippen LogP contribution in [0.5, 0.6) is 0 Å². The third-order valence-corrected chi connectivity index (χ3v) is 2.39. The van der Waals surface area contributed by atoms with Gasteiger partial charge in [0.15, 0.2) is 5.82 Å². The number of amidine groups is 1. The van der Waals surface area contributed by atoms with Crippen molar-refractivity contribution < 1.29 is 0 Å². The van der Waals surface area contributed by atoms with Gasteiger partial charge in [-0.05, 0) is 13.3 Å². The van der Waals surface area contributed by atoms with Crippen LogP contribution in [0.2, 0.25) is 0 Å². The lowest BCUT2D eigenvalue weighted by molar-refractivity contribution is 0.622. The van der Waals surface area contributed by atoms with Gasteiger partial charge < -0.3 is 9.88 Å². The Morgan fingerprint density at radius 2 is 2.43 bits per heavy atom. The topological polar surface area (TPSA) is 55.1 Å². The van der Waals surface area contributed by atoms with E-state index in [-0.39, 0.29) is 6.04 Å². The summed E-state index contributed by atoms with van der Waals surface area (Å²) in [6.07, 6.45) is 3.93. The molecular weight excluding hydrogens is 178 g/mol. The van der Waals surface area contributed by atoms with E-state index >= 15 is 0 Å². The molecule has 14 heavy (non-hydrogen) atoms. The van der Waals surface area contributed by atoms with Gasteiger partial charge in [-0.15, -0.1) is 10.2 Å². The molecule has 1 unspecified atom stereocenters. The van der Waals surface area contributed by atoms with Gasteiger partial charge in [0.25, 0.3) is 0 Å². The molecule has 0 amide bonds. The van der Waals surface area contributed by atoms with Gasteiger partial charge in [0.05, 0.1) is 11.9 Å². The van der Waals surface area contributed by atoms with Crippen LogP contribution in [0.15, 0.2) is 11.3 Å². The molecule has 0 bridgehead atoms. The minimum atomic E-state index is 0.180. The van der Waals surface area contributed by atoms with Crippen molar-refractivity contribution in [3.63, 3.8) is 0 Å². The lowest BCUT2D eigenvalue weighted by Crippen LogP contribution is -2.26. The molecule has 1 atom stereocenters. The highest BCUT2D eigenvalue weighted by molar-refractivity contribution is 5.83.